The Morgan fingerprint density at radius 3 is 2.59 bits per heavy atom. The average molecular weight is 595 g/mol. The molecule has 1 aliphatic heterocycles. The summed E-state index contributed by atoms with van der Waals surface area (Å²) < 4.78 is 3.32. The second kappa shape index (κ2) is 10.6. The monoisotopic (exact) mass is 594 g/mol. The third kappa shape index (κ3) is 4.62. The largest absolute Gasteiger partial charge is 0.383 e. The highest BCUT2D eigenvalue weighted by Crippen LogP contribution is 2.63. The van der Waals surface area contributed by atoms with Gasteiger partial charge in [0.25, 0.3) is 5.56 Å². The second-order valence-electron chi connectivity index (χ2n) is 13.3. The lowest BCUT2D eigenvalue weighted by Crippen LogP contribution is -2.42. The van der Waals surface area contributed by atoms with Gasteiger partial charge in [0.15, 0.2) is 11.5 Å². The zero-order chi connectivity index (χ0) is 30.8. The number of anilines is 3. The molecule has 10 heteroatoms. The molecule has 3 aliphatic rings. The lowest BCUT2D eigenvalue weighted by molar-refractivity contribution is -0.0371. The van der Waals surface area contributed by atoms with Crippen molar-refractivity contribution in [3.05, 3.63) is 76.4 Å². The van der Waals surface area contributed by atoms with Crippen LogP contribution in [-0.4, -0.2) is 67.5 Å². The van der Waals surface area contributed by atoms with Crippen LogP contribution in [-0.2, 0) is 18.6 Å². The van der Waals surface area contributed by atoms with Crippen LogP contribution in [0.1, 0.15) is 55.8 Å². The molecule has 0 amide bonds. The van der Waals surface area contributed by atoms with Crippen LogP contribution in [0.5, 0.6) is 0 Å². The highest BCUT2D eigenvalue weighted by atomic mass is 16.3. The van der Waals surface area contributed by atoms with E-state index in [4.69, 9.17) is 9.97 Å². The highest BCUT2D eigenvalue weighted by Gasteiger charge is 2.59. The number of hydrogen-bond acceptors (Lipinski definition) is 8. The summed E-state index contributed by atoms with van der Waals surface area (Å²) in [6.45, 7) is 10.3. The van der Waals surface area contributed by atoms with Crippen LogP contribution in [0.2, 0.25) is 0 Å². The Kier molecular flexibility index (Phi) is 6.89. The van der Waals surface area contributed by atoms with Gasteiger partial charge in [-0.25, -0.2) is 19.3 Å². The van der Waals surface area contributed by atoms with Crippen molar-refractivity contribution in [2.75, 3.05) is 37.4 Å². The molecule has 4 aromatic rings. The van der Waals surface area contributed by atoms with Crippen molar-refractivity contribution in [2.24, 2.45) is 5.41 Å². The topological polar surface area (TPSA) is 104 Å². The lowest BCUT2D eigenvalue weighted by atomic mass is 9.72. The quantitative estimate of drug-likeness (QED) is 0.298. The molecule has 1 aromatic carbocycles. The van der Waals surface area contributed by atoms with Crippen LogP contribution in [0, 0.1) is 12.3 Å². The van der Waals surface area contributed by atoms with E-state index in [1.165, 1.54) is 11.3 Å². The molecule has 44 heavy (non-hydrogen) atoms. The summed E-state index contributed by atoms with van der Waals surface area (Å²) in [7, 11) is 4.33. The zero-order valence-electron chi connectivity index (χ0n) is 26.2. The molecule has 1 saturated heterocycles. The van der Waals surface area contributed by atoms with E-state index in [9.17, 15) is 9.90 Å². The molecule has 2 N–H and O–H groups in total. The van der Waals surface area contributed by atoms with Crippen LogP contribution >= 0.6 is 0 Å². The van der Waals surface area contributed by atoms with Crippen molar-refractivity contribution in [1.82, 2.24) is 29.2 Å². The van der Waals surface area contributed by atoms with Gasteiger partial charge in [0, 0.05) is 42.1 Å². The van der Waals surface area contributed by atoms with Gasteiger partial charge >= 0.3 is 0 Å². The van der Waals surface area contributed by atoms with Crippen LogP contribution < -0.4 is 15.8 Å². The molecule has 3 aromatic heterocycles. The Morgan fingerprint density at radius 2 is 1.91 bits per heavy atom. The molecule has 7 rings (SSSR count). The maximum atomic E-state index is 13.5. The molecule has 2 aliphatic carbocycles. The number of hydrogen-bond donors (Lipinski definition) is 2. The Hall–Kier alpha value is -4.02. The molecule has 0 bridgehead atoms. The van der Waals surface area contributed by atoms with E-state index in [-0.39, 0.29) is 17.5 Å². The minimum atomic E-state index is -1.02. The molecule has 230 valence electrons. The summed E-state index contributed by atoms with van der Waals surface area (Å²) in [4.78, 5) is 32.7. The molecule has 2 fully saturated rings. The summed E-state index contributed by atoms with van der Waals surface area (Å²) in [6, 6.07) is 10.9. The van der Waals surface area contributed by atoms with Gasteiger partial charge in [0.2, 0.25) is 5.95 Å². The number of aryl methyl sites for hydroxylation is 2. The molecule has 1 spiro atoms. The van der Waals surface area contributed by atoms with E-state index in [0.717, 1.165) is 62.9 Å². The van der Waals surface area contributed by atoms with Crippen molar-refractivity contribution in [2.45, 2.75) is 70.6 Å². The van der Waals surface area contributed by atoms with Crippen LogP contribution in [0.15, 0.2) is 54.0 Å². The van der Waals surface area contributed by atoms with Gasteiger partial charge < -0.3 is 20.2 Å². The van der Waals surface area contributed by atoms with Crippen LogP contribution in [0.25, 0.3) is 16.9 Å². The molecule has 0 unspecified atom stereocenters. The first-order valence-electron chi connectivity index (χ1n) is 15.7. The standard InChI is InChI=1S/C34H42N8O2/c1-6-17-41-31(43)26-21-35-32(36-24-8-9-27(22(2)20-24)40-18-12-25(13-19-40)39(4)5)38-30(26)42(41)28-10-7-23-11-14-34(15-16-34)33(3,44)29(23)37-28/h6-10,20-21,25,44H,1,11-19H2,2-5H3,(H,35,36,38)/t33-/m0/s1. The minimum absolute atomic E-state index is 0.0965. The van der Waals surface area contributed by atoms with Crippen molar-refractivity contribution < 1.29 is 5.11 Å². The first-order valence-corrected chi connectivity index (χ1v) is 15.7. The van der Waals surface area contributed by atoms with Crippen LogP contribution in [0.4, 0.5) is 17.3 Å². The Morgan fingerprint density at radius 1 is 1.14 bits per heavy atom. The van der Waals surface area contributed by atoms with Gasteiger partial charge in [0.1, 0.15) is 11.0 Å². The third-order valence-electron chi connectivity index (χ3n) is 10.4. The SMILES string of the molecule is C=CCn1c(=O)c2cnc(Nc3ccc(N4CCC(N(C)C)CC4)c(C)c3)nc2n1-c1ccc2c(n1)[C@](C)(O)C1(CC2)CC1. The molecular weight excluding hydrogens is 552 g/mol. The smallest absolute Gasteiger partial charge is 0.278 e. The summed E-state index contributed by atoms with van der Waals surface area (Å²) in [5, 5.41) is 15.4. The first kappa shape index (κ1) is 28.7. The van der Waals surface area contributed by atoms with Crippen molar-refractivity contribution in [3.63, 3.8) is 0 Å². The Labute approximate surface area is 258 Å². The van der Waals surface area contributed by atoms with E-state index in [1.807, 2.05) is 19.1 Å². The van der Waals surface area contributed by atoms with E-state index in [0.29, 0.717) is 34.5 Å². The zero-order valence-corrected chi connectivity index (χ0v) is 26.2. The number of allylic oxidation sites excluding steroid dienone is 1. The van der Waals surface area contributed by atoms with Crippen LogP contribution in [0.3, 0.4) is 0 Å². The van der Waals surface area contributed by atoms with Gasteiger partial charge in [-0.05, 0) is 102 Å². The first-order chi connectivity index (χ1) is 21.1. The van der Waals surface area contributed by atoms with Crippen molar-refractivity contribution in [3.8, 4) is 5.82 Å². The highest BCUT2D eigenvalue weighted by molar-refractivity contribution is 5.77. The Balaban J connectivity index is 1.22. The molecule has 1 atom stereocenters. The Bertz CT molecular complexity index is 1810. The number of rotatable bonds is 7. The summed E-state index contributed by atoms with van der Waals surface area (Å²) in [5.41, 5.74) is 4.21. The molecule has 10 nitrogen and oxygen atoms in total. The van der Waals surface area contributed by atoms with E-state index in [2.05, 4.69) is 65.9 Å². The predicted octanol–water partition coefficient (Wildman–Crippen LogP) is 4.68. The summed E-state index contributed by atoms with van der Waals surface area (Å²) in [5.74, 6) is 0.932. The average Bonchev–Trinajstić information content (AvgIpc) is 3.76. The van der Waals surface area contributed by atoms with Crippen molar-refractivity contribution >= 4 is 28.4 Å². The molecular formula is C34H42N8O2. The second-order valence-corrected chi connectivity index (χ2v) is 13.3. The number of aromatic nitrogens is 5. The van der Waals surface area contributed by atoms with Gasteiger partial charge in [-0.2, -0.15) is 4.98 Å². The number of benzene rings is 1. The van der Waals surface area contributed by atoms with E-state index >= 15 is 0 Å². The molecule has 0 radical (unpaired) electrons. The molecule has 4 heterocycles. The lowest BCUT2D eigenvalue weighted by Gasteiger charge is -2.38. The fourth-order valence-electron chi connectivity index (χ4n) is 7.42. The van der Waals surface area contributed by atoms with Gasteiger partial charge in [-0.15, -0.1) is 6.58 Å². The van der Waals surface area contributed by atoms with E-state index < -0.39 is 5.60 Å². The fraction of sp³-hybridized carbons (Fsp3) is 0.471. The number of fused-ring (bicyclic) bond motifs is 2. The minimum Gasteiger partial charge on any atom is -0.383 e. The van der Waals surface area contributed by atoms with Gasteiger partial charge in [0.05, 0.1) is 12.2 Å². The third-order valence-corrected chi connectivity index (χ3v) is 10.4. The normalized spacial score (nSPS) is 21.2. The maximum Gasteiger partial charge on any atom is 0.278 e. The number of aliphatic hydroxyl groups is 1. The van der Waals surface area contributed by atoms with E-state index in [1.54, 1.807) is 21.6 Å². The summed E-state index contributed by atoms with van der Waals surface area (Å²) >= 11 is 0. The fourth-order valence-corrected chi connectivity index (χ4v) is 7.42. The maximum absolute atomic E-state index is 13.5. The number of pyridine rings is 1. The number of nitrogens with zero attached hydrogens (tertiary/aromatic N) is 7. The molecule has 1 saturated carbocycles. The predicted molar refractivity (Wildman–Crippen MR) is 174 cm³/mol. The van der Waals surface area contributed by atoms with Crippen molar-refractivity contribution in [1.29, 1.82) is 0 Å². The number of piperidine rings is 1. The van der Waals surface area contributed by atoms with Gasteiger partial charge in [-0.1, -0.05) is 12.1 Å². The van der Waals surface area contributed by atoms with Gasteiger partial charge in [-0.3, -0.25) is 4.79 Å². The number of nitrogens with one attached hydrogen (secondary N) is 1. The summed E-state index contributed by atoms with van der Waals surface area (Å²) in [6.07, 6.45) is 9.47.